The van der Waals surface area contributed by atoms with E-state index in [1.807, 2.05) is 0 Å². The molecule has 39 heavy (non-hydrogen) atoms. The highest BCUT2D eigenvalue weighted by Gasteiger charge is 2.70. The van der Waals surface area contributed by atoms with Crippen molar-refractivity contribution < 1.29 is 33.4 Å². The number of phenols is 1. The van der Waals surface area contributed by atoms with Crippen LogP contribution < -0.4 is 15.5 Å². The molecule has 0 aliphatic carbocycles. The fraction of sp³-hybridized carbons (Fsp3) is 0.241. The maximum absolute atomic E-state index is 14.4. The molecule has 6 rings (SSSR count). The topological polar surface area (TPSA) is 125 Å². The van der Waals surface area contributed by atoms with Gasteiger partial charge >= 0.3 is 5.97 Å². The van der Waals surface area contributed by atoms with Crippen LogP contribution in [0.2, 0.25) is 0 Å². The van der Waals surface area contributed by atoms with Crippen LogP contribution in [0.5, 0.6) is 5.75 Å². The molecule has 0 radical (unpaired) electrons. The van der Waals surface area contributed by atoms with Crippen molar-refractivity contribution in [1.29, 1.82) is 0 Å². The monoisotopic (exact) mass is 529 g/mol. The summed E-state index contributed by atoms with van der Waals surface area (Å²) >= 11 is 0. The lowest BCUT2D eigenvalue weighted by molar-refractivity contribution is -0.130. The maximum Gasteiger partial charge on any atom is 0.338 e. The van der Waals surface area contributed by atoms with Gasteiger partial charge in [-0.2, -0.15) is 0 Å². The van der Waals surface area contributed by atoms with Gasteiger partial charge in [0.15, 0.2) is 0 Å². The minimum absolute atomic E-state index is 0.0802. The lowest BCUT2D eigenvalue weighted by Crippen LogP contribution is -2.53. The molecule has 198 valence electrons. The van der Waals surface area contributed by atoms with Gasteiger partial charge in [-0.05, 0) is 73.5 Å². The Kier molecular flexibility index (Phi) is 5.72. The van der Waals surface area contributed by atoms with Gasteiger partial charge in [0.25, 0.3) is 0 Å². The smallest absolute Gasteiger partial charge is 0.338 e. The molecule has 2 fully saturated rings. The van der Waals surface area contributed by atoms with Crippen molar-refractivity contribution in [3.63, 3.8) is 0 Å². The van der Waals surface area contributed by atoms with Crippen molar-refractivity contribution in [2.75, 3.05) is 16.8 Å². The van der Waals surface area contributed by atoms with E-state index < -0.39 is 52.9 Å². The summed E-state index contributed by atoms with van der Waals surface area (Å²) in [6.45, 7) is 1.89. The highest BCUT2D eigenvalue weighted by molar-refractivity contribution is 6.25. The van der Waals surface area contributed by atoms with E-state index >= 15 is 0 Å². The van der Waals surface area contributed by atoms with Crippen molar-refractivity contribution >= 4 is 35.1 Å². The molecular formula is C29H24FN3O6. The van der Waals surface area contributed by atoms with E-state index in [1.165, 1.54) is 54.6 Å². The van der Waals surface area contributed by atoms with Gasteiger partial charge in [-0.1, -0.05) is 12.1 Å². The second kappa shape index (κ2) is 9.02. The third-order valence-corrected chi connectivity index (χ3v) is 7.71. The average molecular weight is 530 g/mol. The number of esters is 1. The van der Waals surface area contributed by atoms with E-state index in [-0.39, 0.29) is 35.6 Å². The van der Waals surface area contributed by atoms with Gasteiger partial charge in [0.1, 0.15) is 17.1 Å². The number of nitrogens with one attached hydrogen (secondary N) is 2. The number of anilines is 2. The Morgan fingerprint density at radius 1 is 1.03 bits per heavy atom. The van der Waals surface area contributed by atoms with Crippen molar-refractivity contribution in [2.45, 2.75) is 24.9 Å². The largest absolute Gasteiger partial charge is 0.508 e. The van der Waals surface area contributed by atoms with Gasteiger partial charge in [0, 0.05) is 17.3 Å². The summed E-state index contributed by atoms with van der Waals surface area (Å²) in [4.78, 5) is 54.7. The summed E-state index contributed by atoms with van der Waals surface area (Å²) in [6.07, 6.45) is 0.274. The first-order valence-electron chi connectivity index (χ1n) is 12.6. The van der Waals surface area contributed by atoms with E-state index in [9.17, 15) is 28.7 Å². The molecule has 4 atom stereocenters. The maximum atomic E-state index is 14.4. The highest BCUT2D eigenvalue weighted by Crippen LogP contribution is 2.54. The summed E-state index contributed by atoms with van der Waals surface area (Å²) < 4.78 is 19.4. The van der Waals surface area contributed by atoms with Gasteiger partial charge in [0.05, 0.1) is 29.7 Å². The molecule has 10 heteroatoms. The molecule has 3 N–H and O–H groups in total. The Morgan fingerprint density at radius 3 is 2.44 bits per heavy atom. The van der Waals surface area contributed by atoms with E-state index in [0.717, 1.165) is 10.5 Å². The molecular weight excluding hydrogens is 505 g/mol. The quantitative estimate of drug-likeness (QED) is 0.343. The number of aromatic hydroxyl groups is 1. The number of carbonyl (C=O) groups is 4. The number of phenolic OH excluding ortho intramolecular Hbond substituents is 1. The van der Waals surface area contributed by atoms with Crippen LogP contribution in [0.25, 0.3) is 0 Å². The molecule has 0 unspecified atom stereocenters. The lowest BCUT2D eigenvalue weighted by atomic mass is 9.76. The molecule has 1 spiro atoms. The molecule has 0 bridgehead atoms. The van der Waals surface area contributed by atoms with E-state index in [0.29, 0.717) is 5.69 Å². The molecule has 9 nitrogen and oxygen atoms in total. The number of hydrogen-bond donors (Lipinski definition) is 3. The number of halogens is 1. The summed E-state index contributed by atoms with van der Waals surface area (Å²) in [5, 5.41) is 15.7. The normalized spacial score (nSPS) is 25.1. The van der Waals surface area contributed by atoms with Crippen LogP contribution in [0.15, 0.2) is 66.7 Å². The number of amides is 3. The number of rotatable bonds is 5. The number of carbonyl (C=O) groups excluding carboxylic acids is 4. The van der Waals surface area contributed by atoms with Crippen LogP contribution in [-0.4, -0.2) is 41.4 Å². The van der Waals surface area contributed by atoms with Crippen molar-refractivity contribution in [2.24, 2.45) is 11.8 Å². The average Bonchev–Trinajstić information content (AvgIpc) is 3.50. The summed E-state index contributed by atoms with van der Waals surface area (Å²) in [7, 11) is 0. The van der Waals surface area contributed by atoms with Gasteiger partial charge in [0.2, 0.25) is 17.7 Å². The van der Waals surface area contributed by atoms with Crippen molar-refractivity contribution in [3.05, 3.63) is 89.2 Å². The van der Waals surface area contributed by atoms with Gasteiger partial charge in [-0.25, -0.2) is 14.1 Å². The molecule has 3 heterocycles. The number of nitrogens with zero attached hydrogens (tertiary/aromatic N) is 1. The minimum Gasteiger partial charge on any atom is -0.508 e. The molecule has 3 aliphatic rings. The third-order valence-electron chi connectivity index (χ3n) is 7.71. The second-order valence-electron chi connectivity index (χ2n) is 9.86. The Morgan fingerprint density at radius 2 is 1.74 bits per heavy atom. The second-order valence-corrected chi connectivity index (χ2v) is 9.86. The molecule has 3 amide bonds. The molecule has 3 aromatic carbocycles. The number of benzene rings is 3. The Bertz CT molecular complexity index is 1520. The highest BCUT2D eigenvalue weighted by atomic mass is 19.1. The summed E-state index contributed by atoms with van der Waals surface area (Å²) in [5.74, 6) is -4.73. The van der Waals surface area contributed by atoms with Gasteiger partial charge < -0.3 is 15.2 Å². The van der Waals surface area contributed by atoms with Gasteiger partial charge in [-0.15, -0.1) is 0 Å². The third kappa shape index (κ3) is 3.70. The number of imide groups is 1. The van der Waals surface area contributed by atoms with Crippen molar-refractivity contribution in [3.8, 4) is 5.75 Å². The van der Waals surface area contributed by atoms with E-state index in [4.69, 9.17) is 4.74 Å². The zero-order valence-electron chi connectivity index (χ0n) is 20.8. The summed E-state index contributed by atoms with van der Waals surface area (Å²) in [6, 6.07) is 15.6. The standard InChI is InChI=1S/C29H24FN3O6/c1-2-39-27(37)16-5-8-18(9-6-16)33-25(35)23-22(13-15-3-10-19(34)11-4-15)32-29(24(23)26(33)36)20-14-17(30)7-12-21(20)31-28(29)38/h3-12,14,22-24,32,34H,2,13H2,1H3,(H,31,38)/t22-,23+,24-,29-/m0/s1. The van der Waals surface area contributed by atoms with Crippen LogP contribution in [0.4, 0.5) is 15.8 Å². The Labute approximate surface area is 222 Å². The van der Waals surface area contributed by atoms with Crippen LogP contribution in [0.1, 0.15) is 28.4 Å². The Hall–Kier alpha value is -4.57. The van der Waals surface area contributed by atoms with Gasteiger partial charge in [-0.3, -0.25) is 19.7 Å². The van der Waals surface area contributed by atoms with Crippen LogP contribution in [0, 0.1) is 17.7 Å². The molecule has 3 aliphatic heterocycles. The lowest BCUT2D eigenvalue weighted by Gasteiger charge is -2.29. The van der Waals surface area contributed by atoms with E-state index in [1.54, 1.807) is 19.1 Å². The zero-order valence-corrected chi connectivity index (χ0v) is 20.8. The van der Waals surface area contributed by atoms with Crippen LogP contribution in [0.3, 0.4) is 0 Å². The zero-order chi connectivity index (χ0) is 27.5. The number of fused-ring (bicyclic) bond motifs is 4. The fourth-order valence-corrected chi connectivity index (χ4v) is 6.05. The van der Waals surface area contributed by atoms with Crippen molar-refractivity contribution in [1.82, 2.24) is 5.32 Å². The molecule has 0 aromatic heterocycles. The van der Waals surface area contributed by atoms with Crippen LogP contribution in [-0.2, 0) is 31.1 Å². The first-order chi connectivity index (χ1) is 18.7. The number of ether oxygens (including phenoxy) is 1. The number of hydrogen-bond acceptors (Lipinski definition) is 7. The predicted molar refractivity (Wildman–Crippen MR) is 137 cm³/mol. The molecule has 0 saturated carbocycles. The predicted octanol–water partition coefficient (Wildman–Crippen LogP) is 2.88. The first-order valence-corrected chi connectivity index (χ1v) is 12.6. The SMILES string of the molecule is CCOC(=O)c1ccc(N2C(=O)[C@@H]3[C@H](Cc4ccc(O)cc4)N[C@]4(C(=O)Nc5ccc(F)cc54)[C@@H]3C2=O)cc1. The fourth-order valence-electron chi connectivity index (χ4n) is 6.05. The Balaban J connectivity index is 1.43. The van der Waals surface area contributed by atoms with E-state index in [2.05, 4.69) is 10.6 Å². The first kappa shape index (κ1) is 24.7. The van der Waals surface area contributed by atoms with Crippen LogP contribution >= 0.6 is 0 Å². The molecule has 2 saturated heterocycles. The minimum atomic E-state index is -1.66. The molecule has 3 aromatic rings. The summed E-state index contributed by atoms with van der Waals surface area (Å²) in [5.41, 5.74) is 0.283.